The summed E-state index contributed by atoms with van der Waals surface area (Å²) in [5.41, 5.74) is 1.04. The number of benzene rings is 1. The van der Waals surface area contributed by atoms with Gasteiger partial charge in [0.05, 0.1) is 4.90 Å². The standard InChI is InChI=1S/C14H17ClN2O2S2/c1-16-9-13-8-14(10-20-13)21(18,19)17-7-6-11-2-4-12(15)5-3-11/h2-5,8,10,16-17H,6-7,9H2,1H3. The lowest BCUT2D eigenvalue weighted by Gasteiger charge is -2.05. The molecule has 0 spiro atoms. The first-order valence-corrected chi connectivity index (χ1v) is 9.21. The van der Waals surface area contributed by atoms with Crippen molar-refractivity contribution in [3.63, 3.8) is 0 Å². The maximum absolute atomic E-state index is 12.1. The molecule has 114 valence electrons. The van der Waals surface area contributed by atoms with Crippen LogP contribution in [0.4, 0.5) is 0 Å². The van der Waals surface area contributed by atoms with E-state index in [9.17, 15) is 8.42 Å². The number of nitrogens with one attached hydrogen (secondary N) is 2. The van der Waals surface area contributed by atoms with Gasteiger partial charge in [0.25, 0.3) is 0 Å². The fraction of sp³-hybridized carbons (Fsp3) is 0.286. The number of halogens is 1. The first-order chi connectivity index (χ1) is 10.0. The molecule has 1 heterocycles. The van der Waals surface area contributed by atoms with Crippen LogP contribution in [0.5, 0.6) is 0 Å². The van der Waals surface area contributed by atoms with Gasteiger partial charge in [0.2, 0.25) is 10.0 Å². The van der Waals surface area contributed by atoms with Gasteiger partial charge in [-0.15, -0.1) is 11.3 Å². The van der Waals surface area contributed by atoms with Crippen LogP contribution in [0.3, 0.4) is 0 Å². The molecule has 0 unspecified atom stereocenters. The topological polar surface area (TPSA) is 58.2 Å². The van der Waals surface area contributed by atoms with Crippen molar-refractivity contribution in [3.05, 3.63) is 51.2 Å². The van der Waals surface area contributed by atoms with Gasteiger partial charge in [-0.1, -0.05) is 23.7 Å². The molecule has 2 rings (SSSR count). The molecule has 1 aromatic heterocycles. The third-order valence-electron chi connectivity index (χ3n) is 2.91. The number of hydrogen-bond donors (Lipinski definition) is 2. The van der Waals surface area contributed by atoms with Gasteiger partial charge in [-0.2, -0.15) is 0 Å². The van der Waals surface area contributed by atoms with Crippen LogP contribution in [0.2, 0.25) is 5.02 Å². The zero-order chi connectivity index (χ0) is 15.3. The number of thiophene rings is 1. The molecular formula is C14H17ClN2O2S2. The molecule has 4 nitrogen and oxygen atoms in total. The molecule has 0 fully saturated rings. The lowest BCUT2D eigenvalue weighted by molar-refractivity contribution is 0.582. The van der Waals surface area contributed by atoms with Crippen molar-refractivity contribution in [1.82, 2.24) is 10.0 Å². The second-order valence-corrected chi connectivity index (χ2v) is 7.75. The number of sulfonamides is 1. The highest BCUT2D eigenvalue weighted by Crippen LogP contribution is 2.19. The van der Waals surface area contributed by atoms with Gasteiger partial charge in [0.15, 0.2) is 0 Å². The fourth-order valence-electron chi connectivity index (χ4n) is 1.83. The lowest BCUT2D eigenvalue weighted by Crippen LogP contribution is -2.25. The second-order valence-electron chi connectivity index (χ2n) is 4.55. The van der Waals surface area contributed by atoms with Gasteiger partial charge in [-0.3, -0.25) is 0 Å². The van der Waals surface area contributed by atoms with Gasteiger partial charge in [-0.05, 0) is 37.2 Å². The summed E-state index contributed by atoms with van der Waals surface area (Å²) in [5, 5.41) is 5.34. The molecule has 0 amide bonds. The van der Waals surface area contributed by atoms with E-state index in [1.54, 1.807) is 23.6 Å². The average molecular weight is 345 g/mol. The molecule has 0 saturated heterocycles. The van der Waals surface area contributed by atoms with Crippen molar-refractivity contribution in [2.45, 2.75) is 17.9 Å². The van der Waals surface area contributed by atoms with E-state index in [-0.39, 0.29) is 0 Å². The average Bonchev–Trinajstić information content (AvgIpc) is 2.91. The normalized spacial score (nSPS) is 11.7. The zero-order valence-corrected chi connectivity index (χ0v) is 14.0. The Bertz CT molecular complexity index is 681. The Morgan fingerprint density at radius 2 is 1.95 bits per heavy atom. The zero-order valence-electron chi connectivity index (χ0n) is 11.6. The highest BCUT2D eigenvalue weighted by molar-refractivity contribution is 7.89. The van der Waals surface area contributed by atoms with E-state index >= 15 is 0 Å². The summed E-state index contributed by atoms with van der Waals surface area (Å²) >= 11 is 7.25. The van der Waals surface area contributed by atoms with Crippen LogP contribution in [0.25, 0.3) is 0 Å². The summed E-state index contributed by atoms with van der Waals surface area (Å²) in [4.78, 5) is 1.32. The van der Waals surface area contributed by atoms with Crippen LogP contribution in [-0.4, -0.2) is 22.0 Å². The largest absolute Gasteiger partial charge is 0.315 e. The monoisotopic (exact) mass is 344 g/mol. The van der Waals surface area contributed by atoms with Crippen molar-refractivity contribution in [3.8, 4) is 0 Å². The van der Waals surface area contributed by atoms with Crippen molar-refractivity contribution >= 4 is 33.0 Å². The molecule has 0 atom stereocenters. The number of hydrogen-bond acceptors (Lipinski definition) is 4. The molecule has 0 aliphatic heterocycles. The molecule has 0 aliphatic carbocycles. The summed E-state index contributed by atoms with van der Waals surface area (Å²) in [6.45, 7) is 1.03. The summed E-state index contributed by atoms with van der Waals surface area (Å²) < 4.78 is 26.9. The van der Waals surface area contributed by atoms with Crippen LogP contribution >= 0.6 is 22.9 Å². The minimum Gasteiger partial charge on any atom is -0.315 e. The van der Waals surface area contributed by atoms with E-state index in [0.717, 1.165) is 10.4 Å². The van der Waals surface area contributed by atoms with Gasteiger partial charge in [0.1, 0.15) is 0 Å². The molecular weight excluding hydrogens is 328 g/mol. The Morgan fingerprint density at radius 1 is 1.24 bits per heavy atom. The van der Waals surface area contributed by atoms with Crippen LogP contribution in [0.1, 0.15) is 10.4 Å². The molecule has 0 radical (unpaired) electrons. The molecule has 2 aromatic rings. The summed E-state index contributed by atoms with van der Waals surface area (Å²) in [7, 11) is -1.60. The van der Waals surface area contributed by atoms with Crippen LogP contribution < -0.4 is 10.0 Å². The third-order valence-corrected chi connectivity index (χ3v) is 5.69. The van der Waals surface area contributed by atoms with Crippen LogP contribution in [0, 0.1) is 0 Å². The smallest absolute Gasteiger partial charge is 0.241 e. The minimum absolute atomic E-state index is 0.328. The van der Waals surface area contributed by atoms with E-state index in [4.69, 9.17) is 11.6 Å². The van der Waals surface area contributed by atoms with E-state index in [0.29, 0.717) is 29.4 Å². The summed E-state index contributed by atoms with van der Waals surface area (Å²) in [6.07, 6.45) is 0.629. The van der Waals surface area contributed by atoms with Crippen molar-refractivity contribution in [1.29, 1.82) is 0 Å². The van der Waals surface area contributed by atoms with E-state index < -0.39 is 10.0 Å². The highest BCUT2D eigenvalue weighted by Gasteiger charge is 2.15. The van der Waals surface area contributed by atoms with Crippen molar-refractivity contribution < 1.29 is 8.42 Å². The molecule has 0 bridgehead atoms. The molecule has 7 heteroatoms. The molecule has 1 aromatic carbocycles. The van der Waals surface area contributed by atoms with E-state index in [1.807, 2.05) is 19.2 Å². The first kappa shape index (κ1) is 16.5. The molecule has 21 heavy (non-hydrogen) atoms. The third kappa shape index (κ3) is 4.79. The van der Waals surface area contributed by atoms with Crippen LogP contribution in [-0.2, 0) is 23.0 Å². The number of rotatable bonds is 7. The lowest BCUT2D eigenvalue weighted by atomic mass is 10.2. The minimum atomic E-state index is -3.43. The molecule has 0 aliphatic rings. The maximum Gasteiger partial charge on any atom is 0.241 e. The van der Waals surface area contributed by atoms with Gasteiger partial charge >= 0.3 is 0 Å². The molecule has 2 N–H and O–H groups in total. The van der Waals surface area contributed by atoms with Gasteiger partial charge < -0.3 is 5.32 Å². The van der Waals surface area contributed by atoms with Gasteiger partial charge in [0, 0.05) is 28.4 Å². The van der Waals surface area contributed by atoms with E-state index in [2.05, 4.69) is 10.0 Å². The Labute approximate surface area is 134 Å². The van der Waals surface area contributed by atoms with Crippen LogP contribution in [0.15, 0.2) is 40.6 Å². The Morgan fingerprint density at radius 3 is 2.62 bits per heavy atom. The van der Waals surface area contributed by atoms with E-state index in [1.165, 1.54) is 11.3 Å². The Hall–Kier alpha value is -0.920. The fourth-order valence-corrected chi connectivity index (χ4v) is 4.28. The Balaban J connectivity index is 1.92. The Kier molecular flexibility index (Phi) is 5.78. The first-order valence-electron chi connectivity index (χ1n) is 6.47. The summed E-state index contributed by atoms with van der Waals surface area (Å²) in [5.74, 6) is 0. The molecule has 0 saturated carbocycles. The second kappa shape index (κ2) is 7.38. The highest BCUT2D eigenvalue weighted by atomic mass is 35.5. The SMILES string of the molecule is CNCc1cc(S(=O)(=O)NCCc2ccc(Cl)cc2)cs1. The van der Waals surface area contributed by atoms with Gasteiger partial charge in [-0.25, -0.2) is 13.1 Å². The predicted octanol–water partition coefficient (Wildman–Crippen LogP) is 2.64. The summed E-state index contributed by atoms with van der Waals surface area (Å²) in [6, 6.07) is 9.09. The van der Waals surface area contributed by atoms with Crippen molar-refractivity contribution in [2.24, 2.45) is 0 Å². The maximum atomic E-state index is 12.1. The quantitative estimate of drug-likeness (QED) is 0.811. The predicted molar refractivity (Wildman–Crippen MR) is 87.4 cm³/mol. The van der Waals surface area contributed by atoms with Crippen molar-refractivity contribution in [2.75, 3.05) is 13.6 Å².